The van der Waals surface area contributed by atoms with Gasteiger partial charge in [0.1, 0.15) is 0 Å². The molecule has 0 bridgehead atoms. The summed E-state index contributed by atoms with van der Waals surface area (Å²) in [5.41, 5.74) is 2.41. The van der Waals surface area contributed by atoms with Crippen LogP contribution in [0.4, 0.5) is 5.13 Å². The van der Waals surface area contributed by atoms with Gasteiger partial charge in [0.15, 0.2) is 5.13 Å². The van der Waals surface area contributed by atoms with Gasteiger partial charge < -0.3 is 9.80 Å². The van der Waals surface area contributed by atoms with E-state index in [0.29, 0.717) is 31.6 Å². The normalized spacial score (nSPS) is 16.1. The Balaban J connectivity index is 1.33. The molecule has 1 fully saturated rings. The van der Waals surface area contributed by atoms with E-state index in [1.807, 2.05) is 34.5 Å². The number of amides is 1. The van der Waals surface area contributed by atoms with Crippen LogP contribution in [-0.2, 0) is 19.4 Å². The molecule has 3 heterocycles. The lowest BCUT2D eigenvalue weighted by atomic mass is 9.96. The smallest absolute Gasteiger partial charge is 0.328 e. The van der Waals surface area contributed by atoms with E-state index in [-0.39, 0.29) is 17.2 Å². The van der Waals surface area contributed by atoms with E-state index in [2.05, 4.69) is 14.9 Å². The predicted octanol–water partition coefficient (Wildman–Crippen LogP) is 1.88. The van der Waals surface area contributed by atoms with E-state index < -0.39 is 0 Å². The maximum atomic E-state index is 13.1. The summed E-state index contributed by atoms with van der Waals surface area (Å²) in [7, 11) is 0. The van der Waals surface area contributed by atoms with Gasteiger partial charge in [-0.1, -0.05) is 12.1 Å². The summed E-state index contributed by atoms with van der Waals surface area (Å²) in [5.74, 6) is 0.00137. The second kappa shape index (κ2) is 8.74. The van der Waals surface area contributed by atoms with Crippen molar-refractivity contribution in [3.63, 3.8) is 0 Å². The quantitative estimate of drug-likeness (QED) is 0.654. The number of fused-ring (bicyclic) bond motifs is 1. The fraction of sp³-hybridized carbons (Fsp3) is 0.391. The Kier molecular flexibility index (Phi) is 5.65. The van der Waals surface area contributed by atoms with Gasteiger partial charge in [-0.25, -0.2) is 9.78 Å². The number of benzene rings is 1. The Hall–Kier alpha value is -3.20. The Morgan fingerprint density at radius 2 is 1.91 bits per heavy atom. The van der Waals surface area contributed by atoms with Crippen LogP contribution in [0.3, 0.4) is 0 Å². The molecule has 1 aromatic carbocycles. The number of hydrogen-bond donors (Lipinski definition) is 1. The molecule has 0 saturated carbocycles. The van der Waals surface area contributed by atoms with Gasteiger partial charge in [0.05, 0.1) is 6.54 Å². The lowest BCUT2D eigenvalue weighted by Gasteiger charge is -2.34. The fourth-order valence-corrected chi connectivity index (χ4v) is 5.30. The van der Waals surface area contributed by atoms with Crippen LogP contribution in [0.5, 0.6) is 0 Å². The van der Waals surface area contributed by atoms with Gasteiger partial charge in [-0.3, -0.25) is 19.1 Å². The van der Waals surface area contributed by atoms with Crippen molar-refractivity contribution in [1.82, 2.24) is 19.4 Å². The first-order valence-electron chi connectivity index (χ1n) is 11.0. The number of carbonyl (C=O) groups excluding carboxylic acids is 1. The van der Waals surface area contributed by atoms with E-state index in [1.165, 1.54) is 0 Å². The summed E-state index contributed by atoms with van der Waals surface area (Å²) in [5, 5.41) is 2.96. The second-order valence-electron chi connectivity index (χ2n) is 8.27. The van der Waals surface area contributed by atoms with Crippen molar-refractivity contribution in [3.05, 3.63) is 79.1 Å². The highest BCUT2D eigenvalue weighted by Crippen LogP contribution is 2.21. The number of nitrogens with zero attached hydrogens (tertiary/aromatic N) is 4. The monoisotopic (exact) mass is 451 g/mol. The molecule has 0 spiro atoms. The zero-order chi connectivity index (χ0) is 22.1. The van der Waals surface area contributed by atoms with Crippen LogP contribution in [0.2, 0.25) is 0 Å². The minimum atomic E-state index is -0.384. The zero-order valence-corrected chi connectivity index (χ0v) is 18.6. The number of aromatic nitrogens is 3. The van der Waals surface area contributed by atoms with Gasteiger partial charge >= 0.3 is 5.69 Å². The molecule has 2 aromatic heterocycles. The maximum Gasteiger partial charge on any atom is 0.328 e. The molecule has 9 heteroatoms. The first-order valence-corrected chi connectivity index (χ1v) is 11.9. The molecule has 0 atom stereocenters. The van der Waals surface area contributed by atoms with Crippen molar-refractivity contribution in [2.75, 3.05) is 31.1 Å². The number of piperazine rings is 1. The second-order valence-corrected chi connectivity index (χ2v) is 9.15. The van der Waals surface area contributed by atoms with Gasteiger partial charge in [-0.15, -0.1) is 11.3 Å². The molecule has 1 aliphatic heterocycles. The largest absolute Gasteiger partial charge is 0.345 e. The van der Waals surface area contributed by atoms with Crippen LogP contribution in [0.1, 0.15) is 40.0 Å². The van der Waals surface area contributed by atoms with E-state index >= 15 is 0 Å². The number of hydrogen-bond acceptors (Lipinski definition) is 6. The van der Waals surface area contributed by atoms with E-state index in [0.717, 1.165) is 54.3 Å². The number of aromatic amines is 1. The SMILES string of the molecule is O=C(c1cccc(Cn2c3c(c(=O)[nH]c2=O)CCCC3)c1)N1CCN(c2nccs2)CC1. The molecule has 1 saturated heterocycles. The van der Waals surface area contributed by atoms with Crippen molar-refractivity contribution in [3.8, 4) is 0 Å². The number of carbonyl (C=O) groups is 1. The average molecular weight is 452 g/mol. The van der Waals surface area contributed by atoms with Crippen LogP contribution in [0.25, 0.3) is 0 Å². The summed E-state index contributed by atoms with van der Waals surface area (Å²) in [6.45, 7) is 3.16. The van der Waals surface area contributed by atoms with Gasteiger partial charge in [0, 0.05) is 54.6 Å². The lowest BCUT2D eigenvalue weighted by molar-refractivity contribution is 0.0746. The highest BCUT2D eigenvalue weighted by molar-refractivity contribution is 7.13. The molecule has 166 valence electrons. The zero-order valence-electron chi connectivity index (χ0n) is 17.7. The number of anilines is 1. The standard InChI is InChI=1S/C23H25N5O3S/c29-20-18-6-1-2-7-19(18)28(22(31)25-20)15-16-4-3-5-17(14-16)21(30)26-9-11-27(12-10-26)23-24-8-13-32-23/h3-5,8,13-14H,1-2,6-7,9-12,15H2,(H,25,29,31). The van der Waals surface area contributed by atoms with E-state index in [9.17, 15) is 14.4 Å². The topological polar surface area (TPSA) is 91.3 Å². The Morgan fingerprint density at radius 1 is 1.09 bits per heavy atom. The predicted molar refractivity (Wildman–Crippen MR) is 124 cm³/mol. The van der Waals surface area contributed by atoms with Crippen molar-refractivity contribution < 1.29 is 4.79 Å². The van der Waals surface area contributed by atoms with E-state index in [4.69, 9.17) is 0 Å². The molecule has 1 N–H and O–H groups in total. The van der Waals surface area contributed by atoms with Gasteiger partial charge in [-0.05, 0) is 43.4 Å². The minimum Gasteiger partial charge on any atom is -0.345 e. The first-order chi connectivity index (χ1) is 15.6. The molecular formula is C23H25N5O3S. The van der Waals surface area contributed by atoms with Crippen molar-refractivity contribution in [2.24, 2.45) is 0 Å². The number of thiazole rings is 1. The number of rotatable bonds is 4. The molecule has 3 aromatic rings. The molecule has 32 heavy (non-hydrogen) atoms. The molecule has 8 nitrogen and oxygen atoms in total. The van der Waals surface area contributed by atoms with Crippen LogP contribution in [0.15, 0.2) is 45.4 Å². The molecule has 0 unspecified atom stereocenters. The summed E-state index contributed by atoms with van der Waals surface area (Å²) >= 11 is 1.61. The molecule has 2 aliphatic rings. The molecule has 1 amide bonds. The van der Waals surface area contributed by atoms with Crippen LogP contribution < -0.4 is 16.1 Å². The third-order valence-corrected chi connectivity index (χ3v) is 7.11. The minimum absolute atomic E-state index is 0.00137. The first kappa shape index (κ1) is 20.7. The molecular weight excluding hydrogens is 426 g/mol. The van der Waals surface area contributed by atoms with Gasteiger partial charge in [-0.2, -0.15) is 0 Å². The van der Waals surface area contributed by atoms with Crippen molar-refractivity contribution in [1.29, 1.82) is 0 Å². The Bertz CT molecular complexity index is 1240. The van der Waals surface area contributed by atoms with Crippen LogP contribution in [-0.4, -0.2) is 51.5 Å². The Labute approximate surface area is 189 Å². The number of H-pyrrole nitrogens is 1. The highest BCUT2D eigenvalue weighted by atomic mass is 32.1. The maximum absolute atomic E-state index is 13.1. The lowest BCUT2D eigenvalue weighted by Crippen LogP contribution is -2.48. The Morgan fingerprint density at radius 3 is 2.69 bits per heavy atom. The van der Waals surface area contributed by atoms with Gasteiger partial charge in [0.25, 0.3) is 11.5 Å². The third kappa shape index (κ3) is 4.00. The molecule has 1 aliphatic carbocycles. The van der Waals surface area contributed by atoms with Crippen molar-refractivity contribution in [2.45, 2.75) is 32.2 Å². The fourth-order valence-electron chi connectivity index (χ4n) is 4.60. The number of nitrogens with one attached hydrogen (secondary N) is 1. The summed E-state index contributed by atoms with van der Waals surface area (Å²) < 4.78 is 1.66. The summed E-state index contributed by atoms with van der Waals surface area (Å²) in [6.07, 6.45) is 5.18. The van der Waals surface area contributed by atoms with Gasteiger partial charge in [0.2, 0.25) is 0 Å². The molecule has 0 radical (unpaired) electrons. The average Bonchev–Trinajstić information content (AvgIpc) is 3.37. The highest BCUT2D eigenvalue weighted by Gasteiger charge is 2.24. The summed E-state index contributed by atoms with van der Waals surface area (Å²) in [4.78, 5) is 48.7. The van der Waals surface area contributed by atoms with Crippen molar-refractivity contribution >= 4 is 22.4 Å². The third-order valence-electron chi connectivity index (χ3n) is 6.28. The van der Waals surface area contributed by atoms with Crippen LogP contribution >= 0.6 is 11.3 Å². The van der Waals surface area contributed by atoms with E-state index in [1.54, 1.807) is 22.1 Å². The molecule has 5 rings (SSSR count). The van der Waals surface area contributed by atoms with Crippen LogP contribution in [0, 0.1) is 0 Å². The summed E-state index contributed by atoms with van der Waals surface area (Å²) in [6, 6.07) is 7.47.